The zero-order valence-corrected chi connectivity index (χ0v) is 16.4. The van der Waals surface area contributed by atoms with Gasteiger partial charge in [0.1, 0.15) is 11.5 Å². The van der Waals surface area contributed by atoms with Crippen molar-refractivity contribution in [2.45, 2.75) is 25.8 Å². The Balaban J connectivity index is 1.26. The van der Waals surface area contributed by atoms with Crippen LogP contribution in [0.5, 0.6) is 11.5 Å². The monoisotopic (exact) mass is 368 g/mol. The van der Waals surface area contributed by atoms with E-state index in [-0.39, 0.29) is 0 Å². The summed E-state index contributed by atoms with van der Waals surface area (Å²) in [6.45, 7) is 9.57. The van der Waals surface area contributed by atoms with Crippen LogP contribution in [-0.2, 0) is 0 Å². The minimum absolute atomic E-state index is 0.602. The van der Waals surface area contributed by atoms with Gasteiger partial charge in [-0.25, -0.2) is 0 Å². The second-order valence-electron chi connectivity index (χ2n) is 7.22. The Morgan fingerprint density at radius 2 is 1.33 bits per heavy atom. The van der Waals surface area contributed by atoms with Crippen molar-refractivity contribution in [3.05, 3.63) is 60.7 Å². The highest BCUT2D eigenvalue weighted by atomic mass is 16.5. The SMILES string of the molecule is CC1CN(CCCOc2ccccc2)CCN1CCCOc1ccccc1. The summed E-state index contributed by atoms with van der Waals surface area (Å²) in [6.07, 6.45) is 2.15. The maximum Gasteiger partial charge on any atom is 0.119 e. The van der Waals surface area contributed by atoms with E-state index in [4.69, 9.17) is 9.47 Å². The minimum Gasteiger partial charge on any atom is -0.494 e. The Bertz CT molecular complexity index is 635. The van der Waals surface area contributed by atoms with Gasteiger partial charge in [-0.15, -0.1) is 0 Å². The fourth-order valence-corrected chi connectivity index (χ4v) is 3.58. The minimum atomic E-state index is 0.602. The summed E-state index contributed by atoms with van der Waals surface area (Å²) < 4.78 is 11.6. The van der Waals surface area contributed by atoms with E-state index in [1.165, 1.54) is 0 Å². The van der Waals surface area contributed by atoms with Gasteiger partial charge in [0.15, 0.2) is 0 Å². The summed E-state index contributed by atoms with van der Waals surface area (Å²) in [5.74, 6) is 1.93. The van der Waals surface area contributed by atoms with Crippen molar-refractivity contribution in [2.75, 3.05) is 45.9 Å². The summed E-state index contributed by atoms with van der Waals surface area (Å²) in [5.41, 5.74) is 0. The number of hydrogen-bond donors (Lipinski definition) is 0. The molecule has 1 saturated heterocycles. The molecule has 0 aromatic heterocycles. The number of benzene rings is 2. The van der Waals surface area contributed by atoms with Gasteiger partial charge in [0, 0.05) is 38.8 Å². The van der Waals surface area contributed by atoms with Crippen molar-refractivity contribution < 1.29 is 9.47 Å². The molecule has 3 rings (SSSR count). The molecule has 0 spiro atoms. The Labute approximate surface area is 163 Å². The number of hydrogen-bond acceptors (Lipinski definition) is 4. The smallest absolute Gasteiger partial charge is 0.119 e. The zero-order valence-electron chi connectivity index (χ0n) is 16.4. The molecule has 0 amide bonds. The first-order chi connectivity index (χ1) is 13.3. The van der Waals surface area contributed by atoms with Crippen LogP contribution >= 0.6 is 0 Å². The molecule has 1 atom stereocenters. The lowest BCUT2D eigenvalue weighted by Gasteiger charge is -2.40. The summed E-state index contributed by atoms with van der Waals surface area (Å²) in [4.78, 5) is 5.15. The average molecular weight is 369 g/mol. The Hall–Kier alpha value is -2.04. The van der Waals surface area contributed by atoms with Crippen molar-refractivity contribution in [3.63, 3.8) is 0 Å². The molecule has 0 saturated carbocycles. The standard InChI is InChI=1S/C23H32N2O2/c1-21-20-24(14-8-18-26-22-10-4-2-5-11-22)16-17-25(21)15-9-19-27-23-12-6-3-7-13-23/h2-7,10-13,21H,8-9,14-20H2,1H3. The van der Waals surface area contributed by atoms with E-state index in [2.05, 4.69) is 16.7 Å². The van der Waals surface area contributed by atoms with Gasteiger partial charge in [-0.05, 0) is 44.0 Å². The molecule has 0 radical (unpaired) electrons. The summed E-state index contributed by atoms with van der Waals surface area (Å²) in [6, 6.07) is 20.8. The average Bonchev–Trinajstić information content (AvgIpc) is 2.71. The highest BCUT2D eigenvalue weighted by Gasteiger charge is 2.22. The number of ether oxygens (including phenoxy) is 2. The van der Waals surface area contributed by atoms with Crippen LogP contribution in [0.25, 0.3) is 0 Å². The van der Waals surface area contributed by atoms with Crippen molar-refractivity contribution >= 4 is 0 Å². The van der Waals surface area contributed by atoms with Crippen molar-refractivity contribution in [1.82, 2.24) is 9.80 Å². The van der Waals surface area contributed by atoms with Gasteiger partial charge in [-0.2, -0.15) is 0 Å². The van der Waals surface area contributed by atoms with Crippen LogP contribution in [0.4, 0.5) is 0 Å². The van der Waals surface area contributed by atoms with Gasteiger partial charge in [0.2, 0.25) is 0 Å². The fourth-order valence-electron chi connectivity index (χ4n) is 3.58. The molecule has 1 aliphatic rings. The maximum absolute atomic E-state index is 5.80. The largest absolute Gasteiger partial charge is 0.494 e. The quantitative estimate of drug-likeness (QED) is 0.593. The molecule has 0 aliphatic carbocycles. The fraction of sp³-hybridized carbons (Fsp3) is 0.478. The van der Waals surface area contributed by atoms with Gasteiger partial charge >= 0.3 is 0 Å². The second-order valence-corrected chi connectivity index (χ2v) is 7.22. The topological polar surface area (TPSA) is 24.9 Å². The molecule has 0 N–H and O–H groups in total. The molecule has 146 valence electrons. The van der Waals surface area contributed by atoms with Gasteiger partial charge in [0.05, 0.1) is 13.2 Å². The van der Waals surface area contributed by atoms with Crippen molar-refractivity contribution in [3.8, 4) is 11.5 Å². The van der Waals surface area contributed by atoms with Crippen LogP contribution in [0, 0.1) is 0 Å². The molecule has 2 aromatic rings. The van der Waals surface area contributed by atoms with Gasteiger partial charge in [-0.1, -0.05) is 36.4 Å². The summed E-state index contributed by atoms with van der Waals surface area (Å²) in [5, 5.41) is 0. The second kappa shape index (κ2) is 11.0. The molecule has 27 heavy (non-hydrogen) atoms. The molecule has 2 aromatic carbocycles. The van der Waals surface area contributed by atoms with Crippen LogP contribution < -0.4 is 9.47 Å². The van der Waals surface area contributed by atoms with Gasteiger partial charge < -0.3 is 14.4 Å². The van der Waals surface area contributed by atoms with Crippen LogP contribution in [0.1, 0.15) is 19.8 Å². The lowest BCUT2D eigenvalue weighted by Crippen LogP contribution is -2.52. The first kappa shape index (κ1) is 19.7. The highest BCUT2D eigenvalue weighted by molar-refractivity contribution is 5.21. The molecular weight excluding hydrogens is 336 g/mol. The number of nitrogens with zero attached hydrogens (tertiary/aromatic N) is 2. The van der Waals surface area contributed by atoms with E-state index >= 15 is 0 Å². The molecule has 0 bridgehead atoms. The summed E-state index contributed by atoms with van der Waals surface area (Å²) >= 11 is 0. The van der Waals surface area contributed by atoms with Crippen LogP contribution in [0.3, 0.4) is 0 Å². The van der Waals surface area contributed by atoms with E-state index in [0.717, 1.165) is 70.3 Å². The van der Waals surface area contributed by atoms with Crippen molar-refractivity contribution in [1.29, 1.82) is 0 Å². The molecule has 4 nitrogen and oxygen atoms in total. The molecule has 1 heterocycles. The zero-order chi connectivity index (χ0) is 18.7. The van der Waals surface area contributed by atoms with Crippen molar-refractivity contribution in [2.24, 2.45) is 0 Å². The molecule has 1 aliphatic heterocycles. The first-order valence-electron chi connectivity index (χ1n) is 10.1. The maximum atomic E-state index is 5.80. The molecule has 1 unspecified atom stereocenters. The predicted molar refractivity (Wildman–Crippen MR) is 111 cm³/mol. The Kier molecular flexibility index (Phi) is 8.00. The third-order valence-electron chi connectivity index (χ3n) is 5.08. The number of para-hydroxylation sites is 2. The molecule has 1 fully saturated rings. The Morgan fingerprint density at radius 1 is 0.778 bits per heavy atom. The van der Waals surface area contributed by atoms with Gasteiger partial charge in [-0.3, -0.25) is 4.90 Å². The van der Waals surface area contributed by atoms with Crippen LogP contribution in [0.15, 0.2) is 60.7 Å². The van der Waals surface area contributed by atoms with E-state index in [9.17, 15) is 0 Å². The normalized spacial score (nSPS) is 18.3. The van der Waals surface area contributed by atoms with E-state index in [1.807, 2.05) is 60.7 Å². The lowest BCUT2D eigenvalue weighted by molar-refractivity contribution is 0.0757. The predicted octanol–water partition coefficient (Wildman–Crippen LogP) is 3.93. The Morgan fingerprint density at radius 3 is 1.89 bits per heavy atom. The van der Waals surface area contributed by atoms with Crippen LogP contribution in [0.2, 0.25) is 0 Å². The highest BCUT2D eigenvalue weighted by Crippen LogP contribution is 2.13. The van der Waals surface area contributed by atoms with E-state index < -0.39 is 0 Å². The molecular formula is C23H32N2O2. The lowest BCUT2D eigenvalue weighted by atomic mass is 10.1. The molecule has 4 heteroatoms. The third kappa shape index (κ3) is 6.89. The van der Waals surface area contributed by atoms with Crippen LogP contribution in [-0.4, -0.2) is 61.8 Å². The summed E-state index contributed by atoms with van der Waals surface area (Å²) in [7, 11) is 0. The van der Waals surface area contributed by atoms with E-state index in [0.29, 0.717) is 6.04 Å². The first-order valence-corrected chi connectivity index (χ1v) is 10.1. The number of rotatable bonds is 10. The number of piperazine rings is 1. The van der Waals surface area contributed by atoms with E-state index in [1.54, 1.807) is 0 Å². The van der Waals surface area contributed by atoms with Gasteiger partial charge in [0.25, 0.3) is 0 Å². The third-order valence-corrected chi connectivity index (χ3v) is 5.08.